The van der Waals surface area contributed by atoms with E-state index in [4.69, 9.17) is 24.1 Å². The predicted molar refractivity (Wildman–Crippen MR) is 339 cm³/mol. The normalized spacial score (nSPS) is 12.8. The minimum atomic E-state index is -1.47. The van der Waals surface area contributed by atoms with Crippen LogP contribution in [0.1, 0.15) is 199 Å². The first-order valence-electron chi connectivity index (χ1n) is 33.1. The van der Waals surface area contributed by atoms with E-state index in [0.29, 0.717) is 44.9 Å². The van der Waals surface area contributed by atoms with Crippen LogP contribution in [0.2, 0.25) is 0 Å². The Morgan fingerprint density at radius 2 is 0.946 bits per heavy atom. The number of hydrogen-bond donors (Lipinski definition) is 10. The van der Waals surface area contributed by atoms with E-state index >= 15 is 0 Å². The van der Waals surface area contributed by atoms with Crippen LogP contribution < -0.4 is 26.6 Å². The van der Waals surface area contributed by atoms with Crippen molar-refractivity contribution in [1.29, 1.82) is 0 Å². The van der Waals surface area contributed by atoms with Gasteiger partial charge in [-0.05, 0) is 76.2 Å². The summed E-state index contributed by atoms with van der Waals surface area (Å²) in [4.78, 5) is 146. The van der Waals surface area contributed by atoms with E-state index in [1.807, 2.05) is 37.3 Å². The molecule has 92 heavy (non-hydrogen) atoms. The summed E-state index contributed by atoms with van der Waals surface area (Å²) >= 11 is 0. The molecule has 0 saturated carbocycles. The molecule has 26 heteroatoms. The van der Waals surface area contributed by atoms with Crippen LogP contribution in [0.25, 0.3) is 0 Å². The first-order valence-corrected chi connectivity index (χ1v) is 33.1. The van der Waals surface area contributed by atoms with Crippen molar-refractivity contribution in [2.24, 2.45) is 11.8 Å². The third-order valence-electron chi connectivity index (χ3n) is 15.4. The number of aliphatic hydroxyl groups is 1. The summed E-state index contributed by atoms with van der Waals surface area (Å²) in [6.07, 6.45) is 16.5. The summed E-state index contributed by atoms with van der Waals surface area (Å²) in [6.45, 7) is 1.60. The topological polar surface area (TPSA) is 403 Å². The number of unbranched alkanes of at least 4 members (excludes halogenated alkanes) is 14. The number of aliphatic hydroxyl groups excluding tert-OH is 1. The van der Waals surface area contributed by atoms with Gasteiger partial charge in [-0.3, -0.25) is 47.9 Å². The molecule has 1 rings (SSSR count). The molecule has 0 unspecified atom stereocenters. The van der Waals surface area contributed by atoms with Crippen molar-refractivity contribution in [3.8, 4) is 0 Å². The molecule has 0 fully saturated rings. The lowest BCUT2D eigenvalue weighted by molar-refractivity contribution is -0.145. The summed E-state index contributed by atoms with van der Waals surface area (Å²) in [5.74, 6) is -9.33. The molecule has 26 nitrogen and oxygen atoms in total. The minimum absolute atomic E-state index is 0.0249. The number of amides is 4. The second-order valence-corrected chi connectivity index (χ2v) is 23.1. The van der Waals surface area contributed by atoms with Gasteiger partial charge >= 0.3 is 23.9 Å². The Morgan fingerprint density at radius 3 is 1.51 bits per heavy atom. The number of carboxylic acid groups (broad SMARTS) is 4. The van der Waals surface area contributed by atoms with Crippen LogP contribution in [-0.2, 0) is 82.9 Å². The van der Waals surface area contributed by atoms with E-state index in [1.165, 1.54) is 32.1 Å². The van der Waals surface area contributed by atoms with Gasteiger partial charge in [0.25, 0.3) is 0 Å². The van der Waals surface area contributed by atoms with Crippen molar-refractivity contribution in [3.05, 3.63) is 35.9 Å². The van der Waals surface area contributed by atoms with E-state index in [-0.39, 0.29) is 153 Å². The zero-order valence-corrected chi connectivity index (χ0v) is 54.2. The van der Waals surface area contributed by atoms with Crippen molar-refractivity contribution < 1.29 is 102 Å². The van der Waals surface area contributed by atoms with Crippen molar-refractivity contribution in [2.75, 3.05) is 79.1 Å². The van der Waals surface area contributed by atoms with Crippen molar-refractivity contribution in [3.63, 3.8) is 0 Å². The van der Waals surface area contributed by atoms with Crippen LogP contribution in [0.3, 0.4) is 0 Å². The molecule has 4 amide bonds. The number of benzene rings is 1. The Labute approximate surface area is 541 Å². The summed E-state index contributed by atoms with van der Waals surface area (Å²) in [7, 11) is 0. The van der Waals surface area contributed by atoms with Gasteiger partial charge in [0.1, 0.15) is 43.5 Å². The van der Waals surface area contributed by atoms with Gasteiger partial charge in [-0.2, -0.15) is 0 Å². The van der Waals surface area contributed by atoms with Crippen LogP contribution in [0.15, 0.2) is 30.3 Å². The molecule has 10 N–H and O–H groups in total. The zero-order chi connectivity index (χ0) is 68.0. The Kier molecular flexibility index (Phi) is 49.8. The number of aliphatic carboxylic acids is 4. The van der Waals surface area contributed by atoms with Gasteiger partial charge in [0.15, 0.2) is 11.6 Å². The fourth-order valence-corrected chi connectivity index (χ4v) is 9.89. The second-order valence-electron chi connectivity index (χ2n) is 23.1. The lowest BCUT2D eigenvalue weighted by Gasteiger charge is -2.19. The number of carbonyl (C=O) groups excluding carboxylic acids is 8. The van der Waals surface area contributed by atoms with Crippen LogP contribution in [-0.4, -0.2) is 193 Å². The number of nitrogens with one attached hydrogen (secondary N) is 5. The molecule has 522 valence electrons. The van der Waals surface area contributed by atoms with Crippen LogP contribution in [0.4, 0.5) is 0 Å². The highest BCUT2D eigenvalue weighted by molar-refractivity contribution is 5.88. The number of hydrogen-bond acceptors (Lipinski definition) is 18. The van der Waals surface area contributed by atoms with Gasteiger partial charge in [0.05, 0.1) is 51.5 Å². The molecule has 5 atom stereocenters. The molecule has 0 aromatic heterocycles. The van der Waals surface area contributed by atoms with Gasteiger partial charge in [0.2, 0.25) is 23.6 Å². The van der Waals surface area contributed by atoms with Gasteiger partial charge in [-0.15, -0.1) is 0 Å². The number of carboxylic acids is 4. The van der Waals surface area contributed by atoms with Crippen molar-refractivity contribution in [2.45, 2.75) is 218 Å². The highest BCUT2D eigenvalue weighted by Gasteiger charge is 2.27. The van der Waals surface area contributed by atoms with E-state index in [0.717, 1.165) is 56.9 Å². The Hall–Kier alpha value is -6.58. The predicted octanol–water partition coefficient (Wildman–Crippen LogP) is 5.63. The zero-order valence-electron chi connectivity index (χ0n) is 54.2. The van der Waals surface area contributed by atoms with E-state index < -0.39 is 90.9 Å². The van der Waals surface area contributed by atoms with Crippen molar-refractivity contribution in [1.82, 2.24) is 26.6 Å². The molecule has 1 aromatic rings. The smallest absolute Gasteiger partial charge is 0.326 e. The number of ether oxygens (including phenoxy) is 4. The summed E-state index contributed by atoms with van der Waals surface area (Å²) in [5.41, 5.74) is 1.03. The third kappa shape index (κ3) is 46.5. The first-order chi connectivity index (χ1) is 44.2. The highest BCUT2D eigenvalue weighted by atomic mass is 16.5. The quantitative estimate of drug-likeness (QED) is 0.0353. The molecule has 0 aliphatic carbocycles. The first kappa shape index (κ1) is 83.4. The van der Waals surface area contributed by atoms with E-state index in [9.17, 15) is 78.0 Å². The fourth-order valence-electron chi connectivity index (χ4n) is 9.89. The molecule has 0 spiro atoms. The number of rotatable bonds is 64. The van der Waals surface area contributed by atoms with Crippen LogP contribution in [0.5, 0.6) is 0 Å². The van der Waals surface area contributed by atoms with Crippen molar-refractivity contribution >= 4 is 70.6 Å². The highest BCUT2D eigenvalue weighted by Crippen LogP contribution is 2.18. The molecule has 0 heterocycles. The Morgan fingerprint density at radius 1 is 0.424 bits per heavy atom. The van der Waals surface area contributed by atoms with E-state index in [1.54, 1.807) is 0 Å². The molecular formula is C66H107N5O21. The Balaban J connectivity index is 2.12. The maximum absolute atomic E-state index is 12.9. The molecule has 0 aliphatic heterocycles. The van der Waals surface area contributed by atoms with Gasteiger partial charge in [0, 0.05) is 70.6 Å². The number of carbonyl (C=O) groups is 12. The van der Waals surface area contributed by atoms with Gasteiger partial charge in [-0.1, -0.05) is 114 Å². The summed E-state index contributed by atoms with van der Waals surface area (Å²) < 4.78 is 21.5. The van der Waals surface area contributed by atoms with Gasteiger partial charge in [-0.25, -0.2) is 9.59 Å². The van der Waals surface area contributed by atoms with Crippen LogP contribution >= 0.6 is 0 Å². The minimum Gasteiger partial charge on any atom is -0.481 e. The number of Topliss-reactive ketones (excluding diaryl/α,β-unsaturated/α-hetero) is 4. The van der Waals surface area contributed by atoms with Gasteiger partial charge < -0.3 is 71.1 Å². The average Bonchev–Trinajstić information content (AvgIpc) is 3.66. The summed E-state index contributed by atoms with van der Waals surface area (Å²) in [6, 6.07) is 6.21. The molecule has 1 aromatic carbocycles. The maximum atomic E-state index is 12.9. The Bertz CT molecular complexity index is 2310. The molecule has 0 bridgehead atoms. The molecule has 0 aliphatic rings. The molecule has 0 saturated heterocycles. The lowest BCUT2D eigenvalue weighted by atomic mass is 9.92. The third-order valence-corrected chi connectivity index (χ3v) is 15.4. The SMILES string of the molecule is CC[C@H](Cc1ccccc1)C(=O)CN[C@@H](CCCCNC(=O)CC[C@H](CC(=O)CC[C@H](NC(=O)COCCOCCCC(=O)COCCOCCNC(=O)CC[C@H](NC(=O)CCCCCCCCCCCCCCCCC(=O)O)C(=O)O)C(=O)O)C(=O)O)C(=O)CO. The molecular weight excluding hydrogens is 1200 g/mol. The average molecular weight is 1310 g/mol. The number of ketones is 4. The second kappa shape index (κ2) is 54.9. The largest absolute Gasteiger partial charge is 0.481 e. The standard InChI is InChI=1S/C66H107N5O21/c1-2-50(43-49-23-16-15-17-24-49)57(75)45-69-54(58(76)46-72)26-20-21-35-67-59(77)33-29-51(64(83)84)44-52(73)30-31-55(65(85)86)71-62(80)48-92-42-39-89-37-22-25-53(74)47-91-41-40-90-38-36-68-60(78)34-32-56(66(87)88)70-61(79)27-18-13-11-9-7-5-3-4-6-8-10-12-14-19-28-63(81)82/h15-17,23-24,50-51,54-56,69,72H,2-14,18-22,25-48H2,1H3,(H,67,77)(H,68,78)(H,70,79)(H,71,80)(H,81,82)(H,83,84)(H,85,86)(H,87,88)/t50-,51-,54+,55+,56+/m1/s1. The molecule has 0 radical (unpaired) electrons. The summed E-state index contributed by atoms with van der Waals surface area (Å²) in [5, 5.41) is 60.2. The maximum Gasteiger partial charge on any atom is 0.326 e. The van der Waals surface area contributed by atoms with E-state index in [2.05, 4.69) is 26.6 Å². The monoisotopic (exact) mass is 1310 g/mol. The lowest BCUT2D eigenvalue weighted by Crippen LogP contribution is -2.42. The van der Waals surface area contributed by atoms with Crippen LogP contribution in [0, 0.1) is 11.8 Å². The fraction of sp³-hybridized carbons (Fsp3) is 0.727.